The topological polar surface area (TPSA) is 75.7 Å². The number of fused-ring (bicyclic) bond motifs is 1. The van der Waals surface area contributed by atoms with E-state index in [1.807, 2.05) is 6.07 Å². The van der Waals surface area contributed by atoms with Crippen LogP contribution in [0.2, 0.25) is 0 Å². The highest BCUT2D eigenvalue weighted by atomic mass is 79.9. The Hall–Kier alpha value is -1.12. The van der Waals surface area contributed by atoms with Crippen molar-refractivity contribution < 1.29 is 17.9 Å². The second-order valence-electron chi connectivity index (χ2n) is 4.75. The fourth-order valence-electron chi connectivity index (χ4n) is 2.31. The van der Waals surface area contributed by atoms with Gasteiger partial charge in [-0.05, 0) is 30.5 Å². The average molecular weight is 377 g/mol. The molecule has 0 saturated carbocycles. The number of rotatable bonds is 5. The summed E-state index contributed by atoms with van der Waals surface area (Å²) in [4.78, 5) is 13.7. The minimum Gasteiger partial charge on any atom is -0.375 e. The Balaban J connectivity index is 2.31. The zero-order valence-corrected chi connectivity index (χ0v) is 14.0. The largest absolute Gasteiger partial charge is 0.375 e. The predicted octanol–water partition coefficient (Wildman–Crippen LogP) is 1.71. The van der Waals surface area contributed by atoms with Gasteiger partial charge in [-0.2, -0.15) is 0 Å². The van der Waals surface area contributed by atoms with Crippen LogP contribution in [0.4, 0.5) is 11.4 Å². The van der Waals surface area contributed by atoms with E-state index in [1.165, 1.54) is 7.11 Å². The van der Waals surface area contributed by atoms with E-state index in [2.05, 4.69) is 20.7 Å². The number of aryl methyl sites for hydroxylation is 1. The zero-order valence-electron chi connectivity index (χ0n) is 11.6. The molecular formula is C13H17BrN2O4S. The van der Waals surface area contributed by atoms with E-state index in [1.54, 1.807) is 17.0 Å². The van der Waals surface area contributed by atoms with Crippen molar-refractivity contribution in [1.29, 1.82) is 0 Å². The highest BCUT2D eigenvalue weighted by Gasteiger charge is 2.23. The molecule has 1 amide bonds. The molecule has 0 aliphatic carbocycles. The number of ether oxygens (including phenoxy) is 1. The lowest BCUT2D eigenvalue weighted by Gasteiger charge is -2.29. The number of hydrogen-bond donors (Lipinski definition) is 1. The third-order valence-corrected chi connectivity index (χ3v) is 5.83. The molecule has 21 heavy (non-hydrogen) atoms. The number of alkyl halides is 1. The van der Waals surface area contributed by atoms with Gasteiger partial charge < -0.3 is 9.64 Å². The van der Waals surface area contributed by atoms with E-state index < -0.39 is 10.0 Å². The summed E-state index contributed by atoms with van der Waals surface area (Å²) in [6.07, 6.45) is 1.76. The SMILES string of the molecule is COCC(=O)N1CCCc2ccc(NS(=O)(=O)CBr)cc21. The summed E-state index contributed by atoms with van der Waals surface area (Å²) in [6.45, 7) is 0.626. The van der Waals surface area contributed by atoms with Crippen molar-refractivity contribution in [1.82, 2.24) is 0 Å². The van der Waals surface area contributed by atoms with Crippen molar-refractivity contribution in [3.8, 4) is 0 Å². The van der Waals surface area contributed by atoms with Gasteiger partial charge in [0.05, 0.1) is 5.69 Å². The van der Waals surface area contributed by atoms with Crippen LogP contribution in [0.15, 0.2) is 18.2 Å². The van der Waals surface area contributed by atoms with Gasteiger partial charge in [-0.25, -0.2) is 8.42 Å². The highest BCUT2D eigenvalue weighted by Crippen LogP contribution is 2.30. The molecule has 1 aliphatic heterocycles. The van der Waals surface area contributed by atoms with Crippen molar-refractivity contribution >= 4 is 43.2 Å². The molecule has 0 unspecified atom stereocenters. The summed E-state index contributed by atoms with van der Waals surface area (Å²) in [5.74, 6) is -0.126. The maximum absolute atomic E-state index is 12.1. The number of anilines is 2. The van der Waals surface area contributed by atoms with Crippen molar-refractivity contribution in [2.45, 2.75) is 12.8 Å². The molecule has 0 spiro atoms. The number of nitrogens with zero attached hydrogens (tertiary/aromatic N) is 1. The monoisotopic (exact) mass is 376 g/mol. The first-order chi connectivity index (χ1) is 9.96. The lowest BCUT2D eigenvalue weighted by atomic mass is 10.0. The Morgan fingerprint density at radius 3 is 2.90 bits per heavy atom. The van der Waals surface area contributed by atoms with Crippen LogP contribution in [-0.4, -0.2) is 39.2 Å². The molecule has 8 heteroatoms. The van der Waals surface area contributed by atoms with Crippen LogP contribution in [0.5, 0.6) is 0 Å². The summed E-state index contributed by atoms with van der Waals surface area (Å²) in [7, 11) is -1.93. The minimum absolute atomic E-state index is 0.0107. The molecule has 1 aliphatic rings. The van der Waals surface area contributed by atoms with Crippen LogP contribution in [0.25, 0.3) is 0 Å². The fraction of sp³-hybridized carbons (Fsp3) is 0.462. The lowest BCUT2D eigenvalue weighted by molar-refractivity contribution is -0.122. The number of benzene rings is 1. The Labute approximate surface area is 132 Å². The van der Waals surface area contributed by atoms with Crippen LogP contribution in [0.3, 0.4) is 0 Å². The molecule has 0 saturated heterocycles. The van der Waals surface area contributed by atoms with Crippen LogP contribution in [-0.2, 0) is 26.0 Å². The Bertz CT molecular complexity index is 633. The molecule has 6 nitrogen and oxygen atoms in total. The number of sulfonamides is 1. The molecule has 0 atom stereocenters. The van der Waals surface area contributed by atoms with E-state index in [0.717, 1.165) is 24.1 Å². The van der Waals surface area contributed by atoms with Gasteiger partial charge in [-0.15, -0.1) is 0 Å². The van der Waals surface area contributed by atoms with Gasteiger partial charge in [-0.1, -0.05) is 22.0 Å². The van der Waals surface area contributed by atoms with Gasteiger partial charge in [0, 0.05) is 19.3 Å². The number of nitrogens with one attached hydrogen (secondary N) is 1. The molecule has 0 bridgehead atoms. The second-order valence-corrected chi connectivity index (χ2v) is 7.78. The summed E-state index contributed by atoms with van der Waals surface area (Å²) in [5, 5.41) is 0. The summed E-state index contributed by atoms with van der Waals surface area (Å²) in [6, 6.07) is 5.26. The lowest BCUT2D eigenvalue weighted by Crippen LogP contribution is -2.37. The average Bonchev–Trinajstić information content (AvgIpc) is 2.46. The second kappa shape index (κ2) is 6.76. The maximum Gasteiger partial charge on any atom is 0.252 e. The zero-order chi connectivity index (χ0) is 15.5. The van der Waals surface area contributed by atoms with E-state index >= 15 is 0 Å². The first kappa shape index (κ1) is 16.3. The van der Waals surface area contributed by atoms with Crippen molar-refractivity contribution in [2.75, 3.05) is 34.5 Å². The third-order valence-electron chi connectivity index (χ3n) is 3.19. The van der Waals surface area contributed by atoms with Gasteiger partial charge >= 0.3 is 0 Å². The van der Waals surface area contributed by atoms with Crippen molar-refractivity contribution in [3.05, 3.63) is 23.8 Å². The van der Waals surface area contributed by atoms with Gasteiger partial charge in [0.25, 0.3) is 5.91 Å². The molecule has 0 fully saturated rings. The molecule has 1 N–H and O–H groups in total. The van der Waals surface area contributed by atoms with E-state index in [0.29, 0.717) is 12.2 Å². The number of carbonyl (C=O) groups excluding carboxylic acids is 1. The molecule has 116 valence electrons. The molecule has 1 aromatic carbocycles. The molecule has 1 aromatic rings. The van der Waals surface area contributed by atoms with Crippen molar-refractivity contribution in [3.63, 3.8) is 0 Å². The predicted molar refractivity (Wildman–Crippen MR) is 85.3 cm³/mol. The van der Waals surface area contributed by atoms with Gasteiger partial charge in [0.1, 0.15) is 11.3 Å². The smallest absolute Gasteiger partial charge is 0.252 e. The van der Waals surface area contributed by atoms with Gasteiger partial charge in [-0.3, -0.25) is 9.52 Å². The number of halogens is 1. The van der Waals surface area contributed by atoms with Crippen LogP contribution in [0, 0.1) is 0 Å². The quantitative estimate of drug-likeness (QED) is 0.793. The molecule has 2 rings (SSSR count). The van der Waals surface area contributed by atoms with E-state index in [4.69, 9.17) is 4.74 Å². The Kier molecular flexibility index (Phi) is 5.23. The third kappa shape index (κ3) is 3.96. The van der Waals surface area contributed by atoms with Crippen molar-refractivity contribution in [2.24, 2.45) is 0 Å². The Morgan fingerprint density at radius 2 is 2.24 bits per heavy atom. The molecular weight excluding hydrogens is 360 g/mol. The van der Waals surface area contributed by atoms with Gasteiger partial charge in [0.2, 0.25) is 10.0 Å². The number of carbonyl (C=O) groups is 1. The standard InChI is InChI=1S/C13H17BrN2O4S/c1-20-8-13(17)16-6-2-3-10-4-5-11(7-12(10)16)15-21(18,19)9-14/h4-5,7,15H,2-3,6,8-9H2,1H3. The maximum atomic E-state index is 12.1. The fourth-order valence-corrected chi connectivity index (χ4v) is 3.19. The number of methoxy groups -OCH3 is 1. The van der Waals surface area contributed by atoms with Crippen LogP contribution in [0.1, 0.15) is 12.0 Å². The molecule has 0 radical (unpaired) electrons. The summed E-state index contributed by atoms with van der Waals surface area (Å²) < 4.78 is 30.4. The summed E-state index contributed by atoms with van der Waals surface area (Å²) >= 11 is 2.93. The first-order valence-electron chi connectivity index (χ1n) is 6.45. The highest BCUT2D eigenvalue weighted by molar-refractivity contribution is 9.10. The first-order valence-corrected chi connectivity index (χ1v) is 9.23. The molecule has 1 heterocycles. The Morgan fingerprint density at radius 1 is 1.48 bits per heavy atom. The molecule has 0 aromatic heterocycles. The van der Waals surface area contributed by atoms with Crippen LogP contribution < -0.4 is 9.62 Å². The van der Waals surface area contributed by atoms with E-state index in [-0.39, 0.29) is 17.2 Å². The van der Waals surface area contributed by atoms with Gasteiger partial charge in [0.15, 0.2) is 0 Å². The minimum atomic E-state index is -3.41. The summed E-state index contributed by atoms with van der Waals surface area (Å²) in [5.41, 5.74) is 2.23. The number of amides is 1. The number of hydrogen-bond acceptors (Lipinski definition) is 4. The van der Waals surface area contributed by atoms with E-state index in [9.17, 15) is 13.2 Å². The van der Waals surface area contributed by atoms with Crippen LogP contribution >= 0.6 is 15.9 Å². The normalized spacial score (nSPS) is 14.7.